The van der Waals surface area contributed by atoms with Crippen LogP contribution in [-0.4, -0.2) is 55.5 Å². The van der Waals surface area contributed by atoms with Crippen LogP contribution in [0, 0.1) is 11.3 Å². The number of nitrogens with zero attached hydrogens (tertiary/aromatic N) is 4. The number of aromatic nitrogens is 2. The van der Waals surface area contributed by atoms with E-state index in [0.717, 1.165) is 35.2 Å². The van der Waals surface area contributed by atoms with Gasteiger partial charge in [0.05, 0.1) is 17.9 Å². The molecule has 0 bridgehead atoms. The van der Waals surface area contributed by atoms with Gasteiger partial charge in [-0.25, -0.2) is 9.97 Å². The topological polar surface area (TPSA) is 111 Å². The summed E-state index contributed by atoms with van der Waals surface area (Å²) in [5.41, 5.74) is 4.42. The maximum atomic E-state index is 11.2. The first-order valence-corrected chi connectivity index (χ1v) is 11.9. The summed E-state index contributed by atoms with van der Waals surface area (Å²) in [4.78, 5) is 22.0. The van der Waals surface area contributed by atoms with E-state index >= 15 is 0 Å². The number of carbonyl (C=O) groups excluding carboxylic acids is 1. The standard InChI is InChI=1S/C26H26BClN5O3/c1-26(15-34)14-33(27-16-35)24-19(13-29)10-18(11-21(24)26)22-7-8-30-25(31-22)32-23-12-20(28)6-5-17(23)4-3-9-36-2/h5-8,10-12,16,34H,3-4,9,14-15H2,1-2H3,(H,30,31,32)/t26-/m1/s1. The number of hydrogen-bond donors (Lipinski definition) is 2. The lowest BCUT2D eigenvalue weighted by atomic mass is 9.83. The van der Waals surface area contributed by atoms with Crippen LogP contribution in [0.3, 0.4) is 0 Å². The molecule has 183 valence electrons. The number of benzene rings is 2. The molecule has 8 nitrogen and oxygen atoms in total. The summed E-state index contributed by atoms with van der Waals surface area (Å²) >= 11 is 6.25. The van der Waals surface area contributed by atoms with E-state index in [1.807, 2.05) is 31.2 Å². The van der Waals surface area contributed by atoms with E-state index in [0.29, 0.717) is 47.3 Å². The molecule has 0 saturated heterocycles. The highest BCUT2D eigenvalue weighted by Gasteiger charge is 2.40. The second-order valence-electron chi connectivity index (χ2n) is 8.95. The molecule has 4 rings (SSSR count). The molecular formula is C26H26BClN5O3. The molecular weight excluding hydrogens is 477 g/mol. The number of aliphatic hydroxyl groups excluding tert-OH is 1. The summed E-state index contributed by atoms with van der Waals surface area (Å²) in [6.45, 7) is 2.83. The van der Waals surface area contributed by atoms with Crippen LogP contribution < -0.4 is 10.1 Å². The van der Waals surface area contributed by atoms with E-state index < -0.39 is 5.41 Å². The van der Waals surface area contributed by atoms with Crippen molar-refractivity contribution in [2.45, 2.75) is 25.2 Å². The van der Waals surface area contributed by atoms with Gasteiger partial charge >= 0.3 is 7.41 Å². The smallest absolute Gasteiger partial charge is 0.329 e. The van der Waals surface area contributed by atoms with Crippen molar-refractivity contribution in [1.82, 2.24) is 9.97 Å². The molecule has 2 heterocycles. The molecule has 2 N–H and O–H groups in total. The molecule has 1 aromatic heterocycles. The Kier molecular flexibility index (Phi) is 7.89. The number of halogens is 1. The Morgan fingerprint density at radius 1 is 1.36 bits per heavy atom. The molecule has 1 atom stereocenters. The van der Waals surface area contributed by atoms with Crippen molar-refractivity contribution in [3.05, 3.63) is 64.3 Å². The van der Waals surface area contributed by atoms with Gasteiger partial charge in [-0.2, -0.15) is 5.26 Å². The van der Waals surface area contributed by atoms with Crippen molar-refractivity contribution in [3.8, 4) is 17.3 Å². The van der Waals surface area contributed by atoms with Crippen LogP contribution in [0.2, 0.25) is 5.02 Å². The molecule has 0 unspecified atom stereocenters. The number of aliphatic hydroxyl groups is 1. The molecule has 2 aromatic carbocycles. The Morgan fingerprint density at radius 2 is 2.19 bits per heavy atom. The summed E-state index contributed by atoms with van der Waals surface area (Å²) in [5.74, 6) is 0.391. The molecule has 1 aliphatic rings. The van der Waals surface area contributed by atoms with Gasteiger partial charge in [0, 0.05) is 53.8 Å². The number of hydrogen-bond acceptors (Lipinski definition) is 8. The fourth-order valence-corrected chi connectivity index (χ4v) is 4.68. The number of anilines is 3. The minimum Gasteiger partial charge on any atom is -0.410 e. The van der Waals surface area contributed by atoms with Crippen molar-refractivity contribution >= 4 is 42.5 Å². The van der Waals surface area contributed by atoms with Gasteiger partial charge in [0.1, 0.15) is 12.3 Å². The zero-order chi connectivity index (χ0) is 25.7. The van der Waals surface area contributed by atoms with Gasteiger partial charge in [-0.3, -0.25) is 0 Å². The number of carbonyl (C=O) groups is 1. The van der Waals surface area contributed by atoms with Crippen molar-refractivity contribution in [3.63, 3.8) is 0 Å². The zero-order valence-corrected chi connectivity index (χ0v) is 20.9. The van der Waals surface area contributed by atoms with Crippen LogP contribution in [0.1, 0.15) is 30.0 Å². The average Bonchev–Trinajstić information content (AvgIpc) is 3.17. The predicted molar refractivity (Wildman–Crippen MR) is 141 cm³/mol. The summed E-state index contributed by atoms with van der Waals surface area (Å²) in [6, 6.07) is 13.3. The Hall–Kier alpha value is -3.45. The fraction of sp³-hybridized carbons (Fsp3) is 0.308. The maximum Gasteiger partial charge on any atom is 0.329 e. The van der Waals surface area contributed by atoms with E-state index in [2.05, 4.69) is 16.4 Å². The van der Waals surface area contributed by atoms with Crippen LogP contribution in [0.4, 0.5) is 17.3 Å². The Labute approximate surface area is 216 Å². The van der Waals surface area contributed by atoms with Crippen molar-refractivity contribution in [1.29, 1.82) is 5.26 Å². The Bertz CT molecular complexity index is 1320. The highest BCUT2D eigenvalue weighted by molar-refractivity contribution is 6.70. The van der Waals surface area contributed by atoms with E-state index in [1.54, 1.807) is 30.3 Å². The van der Waals surface area contributed by atoms with Gasteiger partial charge < -0.3 is 24.8 Å². The molecule has 1 radical (unpaired) electrons. The van der Waals surface area contributed by atoms with Crippen LogP contribution in [-0.2, 0) is 21.4 Å². The number of nitrogens with one attached hydrogen (secondary N) is 1. The fourth-order valence-electron chi connectivity index (χ4n) is 4.50. The highest BCUT2D eigenvalue weighted by atomic mass is 35.5. The lowest BCUT2D eigenvalue weighted by Gasteiger charge is -2.23. The highest BCUT2D eigenvalue weighted by Crippen LogP contribution is 2.44. The minimum absolute atomic E-state index is 0.130. The van der Waals surface area contributed by atoms with Gasteiger partial charge in [0.15, 0.2) is 0 Å². The number of fused-ring (bicyclic) bond motifs is 1. The van der Waals surface area contributed by atoms with E-state index in [9.17, 15) is 15.2 Å². The molecule has 3 aromatic rings. The van der Waals surface area contributed by atoms with Crippen LogP contribution in [0.15, 0.2) is 42.6 Å². The summed E-state index contributed by atoms with van der Waals surface area (Å²) in [5, 5.41) is 23.9. The normalized spacial score (nSPS) is 16.4. The predicted octanol–water partition coefficient (Wildman–Crippen LogP) is 3.87. The summed E-state index contributed by atoms with van der Waals surface area (Å²) < 4.78 is 5.17. The van der Waals surface area contributed by atoms with E-state index in [4.69, 9.17) is 21.3 Å². The third kappa shape index (κ3) is 5.21. The Balaban J connectivity index is 1.71. The number of nitriles is 1. The quantitative estimate of drug-likeness (QED) is 0.244. The summed E-state index contributed by atoms with van der Waals surface area (Å²) in [7, 11) is 3.07. The maximum absolute atomic E-state index is 11.2. The van der Waals surface area contributed by atoms with Gasteiger partial charge in [-0.15, -0.1) is 0 Å². The molecule has 1 aliphatic heterocycles. The molecule has 0 aliphatic carbocycles. The third-order valence-electron chi connectivity index (χ3n) is 6.34. The van der Waals surface area contributed by atoms with Gasteiger partial charge in [-0.05, 0) is 54.3 Å². The van der Waals surface area contributed by atoms with Crippen molar-refractivity contribution in [2.24, 2.45) is 0 Å². The lowest BCUT2D eigenvalue weighted by Crippen LogP contribution is -2.36. The minimum atomic E-state index is -0.636. The van der Waals surface area contributed by atoms with Crippen LogP contribution >= 0.6 is 11.6 Å². The second kappa shape index (κ2) is 11.1. The first-order valence-electron chi connectivity index (χ1n) is 11.5. The molecule has 0 fully saturated rings. The second-order valence-corrected chi connectivity index (χ2v) is 9.39. The van der Waals surface area contributed by atoms with E-state index in [-0.39, 0.29) is 6.61 Å². The Morgan fingerprint density at radius 3 is 2.92 bits per heavy atom. The molecule has 0 amide bonds. The first kappa shape index (κ1) is 25.6. The van der Waals surface area contributed by atoms with Crippen LogP contribution in [0.5, 0.6) is 0 Å². The van der Waals surface area contributed by atoms with Gasteiger partial charge in [0.2, 0.25) is 5.95 Å². The number of ether oxygens (including phenoxy) is 1. The molecule has 0 spiro atoms. The lowest BCUT2D eigenvalue weighted by molar-refractivity contribution is 0.195. The van der Waals surface area contributed by atoms with E-state index in [1.165, 1.54) is 7.41 Å². The largest absolute Gasteiger partial charge is 0.410 e. The van der Waals surface area contributed by atoms with Gasteiger partial charge in [0.25, 0.3) is 0 Å². The number of rotatable bonds is 10. The molecule has 10 heteroatoms. The average molecular weight is 503 g/mol. The number of aryl methyl sites for hydroxylation is 1. The van der Waals surface area contributed by atoms with Crippen LogP contribution in [0.25, 0.3) is 11.3 Å². The molecule has 0 saturated carbocycles. The van der Waals surface area contributed by atoms with Crippen molar-refractivity contribution in [2.75, 3.05) is 37.0 Å². The first-order chi connectivity index (χ1) is 17.4. The SMILES string of the molecule is COCCCc1ccc(Cl)cc1Nc1nccc(-c2cc(C#N)c3c(c2)[C@@](C)(CO)CN3[B]C=O)n1. The third-order valence-corrected chi connectivity index (χ3v) is 6.58. The molecule has 36 heavy (non-hydrogen) atoms. The number of methoxy groups -OCH3 is 1. The summed E-state index contributed by atoms with van der Waals surface area (Å²) in [6.07, 6.45) is 4.00. The zero-order valence-electron chi connectivity index (χ0n) is 20.2. The van der Waals surface area contributed by atoms with Crippen molar-refractivity contribution < 1.29 is 14.6 Å². The monoisotopic (exact) mass is 502 g/mol. The van der Waals surface area contributed by atoms with Gasteiger partial charge in [-0.1, -0.05) is 24.6 Å².